The molecule has 1 aromatic heterocycles. The van der Waals surface area contributed by atoms with E-state index in [1.54, 1.807) is 0 Å². The third-order valence-corrected chi connectivity index (χ3v) is 4.00. The number of likely N-dealkylation sites (tertiary alicyclic amines) is 1. The Hall–Kier alpha value is -1.09. The van der Waals surface area contributed by atoms with E-state index >= 15 is 0 Å². The van der Waals surface area contributed by atoms with Gasteiger partial charge in [0.1, 0.15) is 5.82 Å². The van der Waals surface area contributed by atoms with Gasteiger partial charge in [-0.3, -0.25) is 4.90 Å². The largest absolute Gasteiger partial charge is 0.370 e. The molecule has 2 heterocycles. The lowest BCUT2D eigenvalue weighted by atomic mass is 9.82. The Kier molecular flexibility index (Phi) is 4.81. The Morgan fingerprint density at radius 1 is 1.26 bits per heavy atom. The van der Waals surface area contributed by atoms with Crippen LogP contribution in [0.1, 0.15) is 45.6 Å². The fraction of sp³-hybridized carbons (Fsp3) is 0.688. The Bertz CT molecular complexity index is 373. The monoisotopic (exact) mass is 261 g/mol. The quantitative estimate of drug-likeness (QED) is 0.879. The Morgan fingerprint density at radius 3 is 2.58 bits per heavy atom. The highest BCUT2D eigenvalue weighted by Gasteiger charge is 2.25. The molecular weight excluding hydrogens is 234 g/mol. The molecule has 1 N–H and O–H groups in total. The second-order valence-corrected chi connectivity index (χ2v) is 6.42. The zero-order valence-corrected chi connectivity index (χ0v) is 12.6. The van der Waals surface area contributed by atoms with Gasteiger partial charge in [-0.25, -0.2) is 4.98 Å². The number of hydrogen-bond donors (Lipinski definition) is 1. The zero-order chi connectivity index (χ0) is 13.7. The molecule has 0 atom stereocenters. The third-order valence-electron chi connectivity index (χ3n) is 4.00. The summed E-state index contributed by atoms with van der Waals surface area (Å²) in [6.45, 7) is 11.4. The van der Waals surface area contributed by atoms with Crippen molar-refractivity contribution < 1.29 is 0 Å². The molecule has 3 heteroatoms. The van der Waals surface area contributed by atoms with E-state index in [2.05, 4.69) is 48.1 Å². The summed E-state index contributed by atoms with van der Waals surface area (Å²) in [6, 6.07) is 4.30. The van der Waals surface area contributed by atoms with Crippen LogP contribution in [-0.4, -0.2) is 29.5 Å². The van der Waals surface area contributed by atoms with Gasteiger partial charge in [0.05, 0.1) is 0 Å². The maximum absolute atomic E-state index is 4.47. The van der Waals surface area contributed by atoms with Gasteiger partial charge in [0.2, 0.25) is 0 Å². The fourth-order valence-corrected chi connectivity index (χ4v) is 2.45. The van der Waals surface area contributed by atoms with Gasteiger partial charge >= 0.3 is 0 Å². The van der Waals surface area contributed by atoms with E-state index in [4.69, 9.17) is 0 Å². The van der Waals surface area contributed by atoms with Crippen molar-refractivity contribution in [3.63, 3.8) is 0 Å². The summed E-state index contributed by atoms with van der Waals surface area (Å²) >= 11 is 0. The molecule has 0 saturated carbocycles. The maximum Gasteiger partial charge on any atom is 0.125 e. The molecule has 3 nitrogen and oxygen atoms in total. The van der Waals surface area contributed by atoms with Crippen molar-refractivity contribution >= 4 is 5.82 Å². The molecule has 1 aliphatic rings. The summed E-state index contributed by atoms with van der Waals surface area (Å²) in [7, 11) is 0. The molecular formula is C16H27N3. The SMILES string of the molecule is CCCNc1ccc(CN2CCC(C)(C)CC2)cn1. The van der Waals surface area contributed by atoms with Gasteiger partial charge in [0.25, 0.3) is 0 Å². The second kappa shape index (κ2) is 6.38. The lowest BCUT2D eigenvalue weighted by Gasteiger charge is -2.36. The normalized spacial score (nSPS) is 19.3. The number of aromatic nitrogens is 1. The van der Waals surface area contributed by atoms with Crippen molar-refractivity contribution in [3.05, 3.63) is 23.9 Å². The number of nitrogens with one attached hydrogen (secondary N) is 1. The highest BCUT2D eigenvalue weighted by molar-refractivity contribution is 5.35. The molecule has 1 aromatic rings. The lowest BCUT2D eigenvalue weighted by molar-refractivity contribution is 0.127. The molecule has 0 aliphatic carbocycles. The number of rotatable bonds is 5. The average Bonchev–Trinajstić information content (AvgIpc) is 2.40. The van der Waals surface area contributed by atoms with Crippen molar-refractivity contribution in [2.45, 2.75) is 46.6 Å². The minimum Gasteiger partial charge on any atom is -0.370 e. The van der Waals surface area contributed by atoms with Crippen LogP contribution < -0.4 is 5.32 Å². The summed E-state index contributed by atoms with van der Waals surface area (Å²) in [4.78, 5) is 7.02. The molecule has 0 radical (unpaired) electrons. The first kappa shape index (κ1) is 14.3. The highest BCUT2D eigenvalue weighted by Crippen LogP contribution is 2.30. The van der Waals surface area contributed by atoms with Crippen LogP contribution in [0.3, 0.4) is 0 Å². The van der Waals surface area contributed by atoms with Gasteiger partial charge in [-0.1, -0.05) is 26.8 Å². The van der Waals surface area contributed by atoms with E-state index in [-0.39, 0.29) is 0 Å². The smallest absolute Gasteiger partial charge is 0.125 e. The van der Waals surface area contributed by atoms with Crippen LogP contribution in [0.15, 0.2) is 18.3 Å². The second-order valence-electron chi connectivity index (χ2n) is 6.42. The number of anilines is 1. The van der Waals surface area contributed by atoms with Gasteiger partial charge in [-0.15, -0.1) is 0 Å². The van der Waals surface area contributed by atoms with Crippen molar-refractivity contribution in [3.8, 4) is 0 Å². The molecule has 1 aliphatic heterocycles. The Balaban J connectivity index is 1.83. The molecule has 1 fully saturated rings. The zero-order valence-electron chi connectivity index (χ0n) is 12.6. The highest BCUT2D eigenvalue weighted by atomic mass is 15.1. The summed E-state index contributed by atoms with van der Waals surface area (Å²) < 4.78 is 0. The van der Waals surface area contributed by atoms with Crippen molar-refractivity contribution in [1.82, 2.24) is 9.88 Å². The molecule has 0 bridgehead atoms. The van der Waals surface area contributed by atoms with Crippen LogP contribution in [-0.2, 0) is 6.54 Å². The minimum absolute atomic E-state index is 0.530. The van der Waals surface area contributed by atoms with Gasteiger partial charge in [-0.2, -0.15) is 0 Å². The predicted molar refractivity (Wildman–Crippen MR) is 81.3 cm³/mol. The first-order valence-corrected chi connectivity index (χ1v) is 7.50. The molecule has 19 heavy (non-hydrogen) atoms. The predicted octanol–water partition coefficient (Wildman–Crippen LogP) is 3.53. The van der Waals surface area contributed by atoms with Crippen LogP contribution in [0.25, 0.3) is 0 Å². The van der Waals surface area contributed by atoms with Gasteiger partial charge in [-0.05, 0) is 49.4 Å². The third kappa shape index (κ3) is 4.50. The van der Waals surface area contributed by atoms with Crippen LogP contribution in [0.2, 0.25) is 0 Å². The van der Waals surface area contributed by atoms with E-state index in [1.807, 2.05) is 6.20 Å². The van der Waals surface area contributed by atoms with E-state index in [9.17, 15) is 0 Å². The van der Waals surface area contributed by atoms with E-state index in [0.717, 1.165) is 25.3 Å². The van der Waals surface area contributed by atoms with Gasteiger partial charge in [0, 0.05) is 19.3 Å². The van der Waals surface area contributed by atoms with Gasteiger partial charge < -0.3 is 5.32 Å². The first-order valence-electron chi connectivity index (χ1n) is 7.50. The summed E-state index contributed by atoms with van der Waals surface area (Å²) in [6.07, 6.45) is 5.75. The van der Waals surface area contributed by atoms with E-state index in [1.165, 1.54) is 31.5 Å². The number of nitrogens with zero attached hydrogens (tertiary/aromatic N) is 2. The molecule has 0 spiro atoms. The molecule has 106 valence electrons. The Labute approximate surface area is 117 Å². The lowest BCUT2D eigenvalue weighted by Crippen LogP contribution is -2.36. The first-order chi connectivity index (χ1) is 9.09. The van der Waals surface area contributed by atoms with Crippen LogP contribution in [0.5, 0.6) is 0 Å². The number of hydrogen-bond acceptors (Lipinski definition) is 3. The summed E-state index contributed by atoms with van der Waals surface area (Å²) in [5.74, 6) is 0.991. The maximum atomic E-state index is 4.47. The van der Waals surface area contributed by atoms with Crippen molar-refractivity contribution in [2.75, 3.05) is 25.0 Å². The Morgan fingerprint density at radius 2 is 2.00 bits per heavy atom. The van der Waals surface area contributed by atoms with E-state index in [0.29, 0.717) is 5.41 Å². The summed E-state index contributed by atoms with van der Waals surface area (Å²) in [5.41, 5.74) is 1.85. The minimum atomic E-state index is 0.530. The molecule has 0 aromatic carbocycles. The van der Waals surface area contributed by atoms with Crippen LogP contribution in [0.4, 0.5) is 5.82 Å². The number of piperidine rings is 1. The summed E-state index contributed by atoms with van der Waals surface area (Å²) in [5, 5.41) is 3.31. The number of pyridine rings is 1. The van der Waals surface area contributed by atoms with Crippen molar-refractivity contribution in [1.29, 1.82) is 0 Å². The topological polar surface area (TPSA) is 28.2 Å². The van der Waals surface area contributed by atoms with Crippen LogP contribution >= 0.6 is 0 Å². The van der Waals surface area contributed by atoms with E-state index < -0.39 is 0 Å². The van der Waals surface area contributed by atoms with Crippen molar-refractivity contribution in [2.24, 2.45) is 5.41 Å². The van der Waals surface area contributed by atoms with Crippen LogP contribution in [0, 0.1) is 5.41 Å². The molecule has 1 saturated heterocycles. The average molecular weight is 261 g/mol. The molecule has 0 unspecified atom stereocenters. The molecule has 2 rings (SSSR count). The standard InChI is InChI=1S/C16H27N3/c1-4-9-17-15-6-5-14(12-18-15)13-19-10-7-16(2,3)8-11-19/h5-6,12H,4,7-11,13H2,1-3H3,(H,17,18). The molecule has 0 amide bonds. The fourth-order valence-electron chi connectivity index (χ4n) is 2.45. The van der Waals surface area contributed by atoms with Gasteiger partial charge in [0.15, 0.2) is 0 Å².